The molecule has 3 heterocycles. The first-order valence-electron chi connectivity index (χ1n) is 7.17. The number of hydrogen-bond acceptors (Lipinski definition) is 5. The summed E-state index contributed by atoms with van der Waals surface area (Å²) >= 11 is 0. The fraction of sp³-hybridized carbons (Fsp3) is 0.533. The molecule has 108 valence electrons. The van der Waals surface area contributed by atoms with E-state index in [0.29, 0.717) is 5.92 Å². The third-order valence-corrected chi connectivity index (χ3v) is 3.89. The molecule has 2 aliphatic heterocycles. The molecule has 0 saturated carbocycles. The molecule has 1 N–H and O–H groups in total. The normalized spacial score (nSPS) is 19.9. The molecule has 20 heavy (non-hydrogen) atoms. The van der Waals surface area contributed by atoms with Crippen LogP contribution in [-0.4, -0.2) is 29.9 Å². The zero-order chi connectivity index (χ0) is 13.9. The van der Waals surface area contributed by atoms with Gasteiger partial charge in [-0.3, -0.25) is 10.4 Å². The van der Waals surface area contributed by atoms with Crippen LogP contribution in [0.25, 0.3) is 5.70 Å². The number of rotatable bonds is 3. The van der Waals surface area contributed by atoms with Gasteiger partial charge in [0, 0.05) is 26.0 Å². The molecule has 0 bridgehead atoms. The molecule has 1 aromatic rings. The molecule has 2 aliphatic rings. The van der Waals surface area contributed by atoms with E-state index in [0.717, 1.165) is 55.3 Å². The first-order valence-corrected chi connectivity index (χ1v) is 7.17. The molecule has 1 fully saturated rings. The van der Waals surface area contributed by atoms with Crippen LogP contribution >= 0.6 is 0 Å². The van der Waals surface area contributed by atoms with Crippen molar-refractivity contribution in [2.75, 3.05) is 19.8 Å². The highest BCUT2D eigenvalue weighted by atomic mass is 16.5. The summed E-state index contributed by atoms with van der Waals surface area (Å²) < 4.78 is 10.7. The number of aryl methyl sites for hydroxylation is 2. The van der Waals surface area contributed by atoms with Crippen molar-refractivity contribution in [3.8, 4) is 0 Å². The molecule has 1 aromatic heterocycles. The maximum atomic E-state index is 5.41. The summed E-state index contributed by atoms with van der Waals surface area (Å²) in [5.41, 5.74) is 6.48. The van der Waals surface area contributed by atoms with Crippen LogP contribution in [0.1, 0.15) is 29.9 Å². The van der Waals surface area contributed by atoms with Gasteiger partial charge >= 0.3 is 0 Å². The maximum Gasteiger partial charge on any atom is 0.143 e. The lowest BCUT2D eigenvalue weighted by atomic mass is 10.0. The first kappa shape index (κ1) is 13.2. The number of allylic oxidation sites excluding steroid dienone is 2. The van der Waals surface area contributed by atoms with E-state index in [1.807, 2.05) is 13.8 Å². The zero-order valence-electron chi connectivity index (χ0n) is 12.1. The van der Waals surface area contributed by atoms with E-state index >= 15 is 0 Å². The average Bonchev–Trinajstić information content (AvgIpc) is 2.80. The first-order chi connectivity index (χ1) is 9.74. The fourth-order valence-corrected chi connectivity index (χ4v) is 2.79. The molecular formula is C15H21N3O2. The van der Waals surface area contributed by atoms with Crippen LogP contribution in [0.3, 0.4) is 0 Å². The summed E-state index contributed by atoms with van der Waals surface area (Å²) in [4.78, 5) is 0. The highest BCUT2D eigenvalue weighted by molar-refractivity contribution is 5.68. The molecule has 0 unspecified atom stereocenters. The molecule has 0 spiro atoms. The summed E-state index contributed by atoms with van der Waals surface area (Å²) in [7, 11) is 0. The van der Waals surface area contributed by atoms with Gasteiger partial charge in [0.1, 0.15) is 5.76 Å². The molecule has 0 atom stereocenters. The van der Waals surface area contributed by atoms with Crippen LogP contribution in [-0.2, 0) is 4.74 Å². The van der Waals surface area contributed by atoms with Gasteiger partial charge in [-0.15, -0.1) is 0 Å². The van der Waals surface area contributed by atoms with Gasteiger partial charge in [0.05, 0.1) is 17.0 Å². The van der Waals surface area contributed by atoms with E-state index in [1.54, 1.807) is 0 Å². The Balaban J connectivity index is 1.67. The smallest absolute Gasteiger partial charge is 0.143 e. The largest absolute Gasteiger partial charge is 0.381 e. The van der Waals surface area contributed by atoms with Crippen LogP contribution in [0.4, 0.5) is 0 Å². The minimum Gasteiger partial charge on any atom is -0.381 e. The molecule has 1 saturated heterocycles. The van der Waals surface area contributed by atoms with E-state index < -0.39 is 0 Å². The van der Waals surface area contributed by atoms with Crippen LogP contribution < -0.4 is 5.43 Å². The van der Waals surface area contributed by atoms with E-state index in [1.165, 1.54) is 0 Å². The fourth-order valence-electron chi connectivity index (χ4n) is 2.79. The minimum atomic E-state index is 0.685. The van der Waals surface area contributed by atoms with Crippen molar-refractivity contribution in [1.82, 2.24) is 15.6 Å². The Morgan fingerprint density at radius 3 is 2.85 bits per heavy atom. The van der Waals surface area contributed by atoms with Crippen LogP contribution in [0.2, 0.25) is 0 Å². The minimum absolute atomic E-state index is 0.685. The topological polar surface area (TPSA) is 50.5 Å². The quantitative estimate of drug-likeness (QED) is 0.918. The van der Waals surface area contributed by atoms with E-state index in [4.69, 9.17) is 9.26 Å². The number of nitrogens with zero attached hydrogens (tertiary/aromatic N) is 2. The molecule has 0 aromatic carbocycles. The summed E-state index contributed by atoms with van der Waals surface area (Å²) in [6, 6.07) is 0. The number of ether oxygens (including phenoxy) is 1. The van der Waals surface area contributed by atoms with Gasteiger partial charge in [-0.25, -0.2) is 0 Å². The Morgan fingerprint density at radius 1 is 1.35 bits per heavy atom. The van der Waals surface area contributed by atoms with Gasteiger partial charge in [-0.05, 0) is 44.8 Å². The van der Waals surface area contributed by atoms with Crippen molar-refractivity contribution in [1.29, 1.82) is 0 Å². The van der Waals surface area contributed by atoms with E-state index in [2.05, 4.69) is 33.9 Å². The average molecular weight is 275 g/mol. The number of hydrogen-bond donors (Lipinski definition) is 1. The van der Waals surface area contributed by atoms with Crippen LogP contribution in [0.5, 0.6) is 0 Å². The van der Waals surface area contributed by atoms with Crippen molar-refractivity contribution in [3.05, 3.63) is 35.4 Å². The number of hydrazine groups is 1. The lowest BCUT2D eigenvalue weighted by Gasteiger charge is -2.32. The van der Waals surface area contributed by atoms with Gasteiger partial charge < -0.3 is 9.26 Å². The Bertz CT molecular complexity index is 508. The Kier molecular flexibility index (Phi) is 3.78. The second kappa shape index (κ2) is 5.71. The highest BCUT2D eigenvalue weighted by Crippen LogP contribution is 2.24. The summed E-state index contributed by atoms with van der Waals surface area (Å²) in [6.45, 7) is 6.68. The van der Waals surface area contributed by atoms with Crippen molar-refractivity contribution in [3.63, 3.8) is 0 Å². The molecule has 5 nitrogen and oxygen atoms in total. The standard InChI is InChI=1S/C15H21N3O2/c1-11-15(12(2)20-17-11)14-4-3-7-18(16-14)10-13-5-8-19-9-6-13/h3-4,7,13,16H,5-6,8-10H2,1-2H3. The lowest BCUT2D eigenvalue weighted by Crippen LogP contribution is -2.39. The van der Waals surface area contributed by atoms with Gasteiger partial charge in [0.15, 0.2) is 0 Å². The second-order valence-corrected chi connectivity index (χ2v) is 5.44. The van der Waals surface area contributed by atoms with Crippen molar-refractivity contribution in [2.24, 2.45) is 5.92 Å². The summed E-state index contributed by atoms with van der Waals surface area (Å²) in [6.07, 6.45) is 8.48. The van der Waals surface area contributed by atoms with Crippen LogP contribution in [0, 0.1) is 19.8 Å². The van der Waals surface area contributed by atoms with E-state index in [-0.39, 0.29) is 0 Å². The molecule has 0 amide bonds. The summed E-state index contributed by atoms with van der Waals surface area (Å²) in [5, 5.41) is 6.17. The van der Waals surface area contributed by atoms with Crippen LogP contribution in [0.15, 0.2) is 22.9 Å². The predicted molar refractivity (Wildman–Crippen MR) is 76.5 cm³/mol. The van der Waals surface area contributed by atoms with Gasteiger partial charge in [0.25, 0.3) is 0 Å². The monoisotopic (exact) mass is 275 g/mol. The number of nitrogens with one attached hydrogen (secondary N) is 1. The van der Waals surface area contributed by atoms with Crippen molar-refractivity contribution >= 4 is 5.70 Å². The molecule has 0 radical (unpaired) electrons. The zero-order valence-corrected chi connectivity index (χ0v) is 12.1. The molecule has 0 aliphatic carbocycles. The molecular weight excluding hydrogens is 254 g/mol. The second-order valence-electron chi connectivity index (χ2n) is 5.44. The Hall–Kier alpha value is -1.75. The SMILES string of the molecule is Cc1noc(C)c1C1=CC=CN(CC2CCOCC2)N1. The third kappa shape index (κ3) is 2.72. The lowest BCUT2D eigenvalue weighted by molar-refractivity contribution is 0.0549. The third-order valence-electron chi connectivity index (χ3n) is 3.89. The summed E-state index contributed by atoms with van der Waals surface area (Å²) in [5.74, 6) is 1.53. The Labute approximate surface area is 119 Å². The predicted octanol–water partition coefficient (Wildman–Crippen LogP) is 2.39. The number of aromatic nitrogens is 1. The Morgan fingerprint density at radius 2 is 2.15 bits per heavy atom. The van der Waals surface area contributed by atoms with E-state index in [9.17, 15) is 0 Å². The highest BCUT2D eigenvalue weighted by Gasteiger charge is 2.20. The van der Waals surface area contributed by atoms with Gasteiger partial charge in [-0.2, -0.15) is 0 Å². The van der Waals surface area contributed by atoms with Gasteiger partial charge in [-0.1, -0.05) is 5.16 Å². The van der Waals surface area contributed by atoms with Crippen molar-refractivity contribution < 1.29 is 9.26 Å². The molecule has 3 rings (SSSR count). The van der Waals surface area contributed by atoms with Crippen molar-refractivity contribution in [2.45, 2.75) is 26.7 Å². The molecule has 5 heteroatoms. The maximum absolute atomic E-state index is 5.41. The van der Waals surface area contributed by atoms with Gasteiger partial charge in [0.2, 0.25) is 0 Å².